The highest BCUT2D eigenvalue weighted by atomic mass is 79.9. The molecule has 0 saturated heterocycles. The molecular weight excluding hydrogens is 278 g/mol. The lowest BCUT2D eigenvalue weighted by Gasteiger charge is -2.23. The first-order valence-electron chi connectivity index (χ1n) is 6.01. The Kier molecular flexibility index (Phi) is 4.59. The zero-order valence-corrected chi connectivity index (χ0v) is 12.9. The Morgan fingerprint density at radius 2 is 2.06 bits per heavy atom. The lowest BCUT2D eigenvalue weighted by Crippen LogP contribution is -2.29. The van der Waals surface area contributed by atoms with Gasteiger partial charge in [0.2, 0.25) is 5.91 Å². The Labute approximate surface area is 113 Å². The van der Waals surface area contributed by atoms with Crippen molar-refractivity contribution >= 4 is 21.8 Å². The zero-order chi connectivity index (χ0) is 13.2. The lowest BCUT2D eigenvalue weighted by molar-refractivity contribution is -0.122. The molecule has 1 unspecified atom stereocenters. The van der Waals surface area contributed by atoms with Crippen molar-refractivity contribution in [3.8, 4) is 0 Å². The normalized spacial score (nSPS) is 21.3. The summed E-state index contributed by atoms with van der Waals surface area (Å²) in [6.45, 7) is 10.4. The highest BCUT2D eigenvalue weighted by Gasteiger charge is 2.20. The Bertz CT molecular complexity index is 374. The first-order chi connectivity index (χ1) is 7.69. The van der Waals surface area contributed by atoms with E-state index in [0.29, 0.717) is 11.2 Å². The summed E-state index contributed by atoms with van der Waals surface area (Å²) in [7, 11) is 0. The molecule has 0 heterocycles. The number of hydrogen-bond acceptors (Lipinski definition) is 1. The van der Waals surface area contributed by atoms with Crippen LogP contribution in [0.25, 0.3) is 0 Å². The van der Waals surface area contributed by atoms with Gasteiger partial charge in [-0.3, -0.25) is 4.79 Å². The van der Waals surface area contributed by atoms with Crippen LogP contribution in [0.1, 0.15) is 47.5 Å². The molecule has 0 bridgehead atoms. The lowest BCUT2D eigenvalue weighted by atomic mass is 9.91. The molecule has 3 heteroatoms. The number of alkyl halides is 1. The van der Waals surface area contributed by atoms with Gasteiger partial charge in [-0.25, -0.2) is 0 Å². The van der Waals surface area contributed by atoms with E-state index < -0.39 is 0 Å². The van der Waals surface area contributed by atoms with E-state index in [4.69, 9.17) is 0 Å². The fraction of sp³-hybridized carbons (Fsp3) is 0.643. The fourth-order valence-electron chi connectivity index (χ4n) is 2.02. The van der Waals surface area contributed by atoms with Gasteiger partial charge in [0.25, 0.3) is 0 Å². The smallest absolute Gasteiger partial charge is 0.224 e. The maximum atomic E-state index is 11.9. The van der Waals surface area contributed by atoms with Crippen molar-refractivity contribution in [2.24, 2.45) is 5.41 Å². The second-order valence-corrected chi connectivity index (χ2v) is 7.19. The van der Waals surface area contributed by atoms with Crippen LogP contribution >= 0.6 is 15.9 Å². The molecule has 0 radical (unpaired) electrons. The van der Waals surface area contributed by atoms with Gasteiger partial charge in [0.05, 0.1) is 0 Å². The molecule has 96 valence electrons. The number of halogens is 1. The first kappa shape index (κ1) is 14.5. The van der Waals surface area contributed by atoms with Gasteiger partial charge < -0.3 is 5.32 Å². The topological polar surface area (TPSA) is 29.1 Å². The Morgan fingerprint density at radius 3 is 2.53 bits per heavy atom. The maximum Gasteiger partial charge on any atom is 0.224 e. The van der Waals surface area contributed by atoms with Crippen LogP contribution in [0.15, 0.2) is 22.9 Å². The monoisotopic (exact) mass is 299 g/mol. The van der Waals surface area contributed by atoms with Crippen LogP contribution in [0.4, 0.5) is 0 Å². The van der Waals surface area contributed by atoms with Gasteiger partial charge in [0.1, 0.15) is 0 Å². The van der Waals surface area contributed by atoms with Crippen molar-refractivity contribution in [3.63, 3.8) is 0 Å². The predicted molar refractivity (Wildman–Crippen MR) is 76.0 cm³/mol. The third-order valence-electron chi connectivity index (χ3n) is 2.71. The van der Waals surface area contributed by atoms with Crippen LogP contribution in [0, 0.1) is 5.41 Å². The van der Waals surface area contributed by atoms with Gasteiger partial charge in [0, 0.05) is 16.9 Å². The number of amides is 1. The predicted octanol–water partition coefficient (Wildman–Crippen LogP) is 3.93. The van der Waals surface area contributed by atoms with E-state index in [-0.39, 0.29) is 11.3 Å². The summed E-state index contributed by atoms with van der Waals surface area (Å²) in [6.07, 6.45) is 3.66. The van der Waals surface area contributed by atoms with Gasteiger partial charge in [-0.15, -0.1) is 0 Å². The average molecular weight is 300 g/mol. The van der Waals surface area contributed by atoms with Crippen molar-refractivity contribution < 1.29 is 4.79 Å². The van der Waals surface area contributed by atoms with E-state index >= 15 is 0 Å². The first-order valence-corrected chi connectivity index (χ1v) is 6.93. The standard InChI is InChI=1S/C14H22BrNO/c1-9-6-11(15)7-10(2)13(9)16-12(17)8-14(3,4)5/h6,11H,7-8H2,1-5H3,(H,16,17). The quantitative estimate of drug-likeness (QED) is 0.769. The summed E-state index contributed by atoms with van der Waals surface area (Å²) in [5, 5.41) is 3.05. The van der Waals surface area contributed by atoms with Crippen molar-refractivity contribution in [2.75, 3.05) is 0 Å². The highest BCUT2D eigenvalue weighted by Crippen LogP contribution is 2.27. The molecule has 0 aromatic rings. The summed E-state index contributed by atoms with van der Waals surface area (Å²) in [4.78, 5) is 12.3. The van der Waals surface area contributed by atoms with Crippen LogP contribution in [0.3, 0.4) is 0 Å². The fourth-order valence-corrected chi connectivity index (χ4v) is 2.90. The van der Waals surface area contributed by atoms with Crippen LogP contribution < -0.4 is 5.32 Å². The summed E-state index contributed by atoms with van der Waals surface area (Å²) in [6, 6.07) is 0. The van der Waals surface area contributed by atoms with Crippen molar-refractivity contribution in [1.29, 1.82) is 0 Å². The molecule has 0 fully saturated rings. The van der Waals surface area contributed by atoms with Gasteiger partial charge in [-0.1, -0.05) is 42.8 Å². The van der Waals surface area contributed by atoms with E-state index in [1.54, 1.807) is 0 Å². The molecule has 0 aromatic carbocycles. The second kappa shape index (κ2) is 5.38. The molecule has 0 aliphatic heterocycles. The van der Waals surface area contributed by atoms with Crippen LogP contribution in [0.2, 0.25) is 0 Å². The van der Waals surface area contributed by atoms with Crippen LogP contribution in [-0.2, 0) is 4.79 Å². The molecule has 1 amide bonds. The molecule has 1 aliphatic carbocycles. The molecule has 1 N–H and O–H groups in total. The number of nitrogens with one attached hydrogen (secondary N) is 1. The average Bonchev–Trinajstić information content (AvgIpc) is 2.08. The summed E-state index contributed by atoms with van der Waals surface area (Å²) >= 11 is 3.59. The van der Waals surface area contributed by atoms with Crippen molar-refractivity contribution in [1.82, 2.24) is 5.32 Å². The second-order valence-electron chi connectivity index (χ2n) is 6.01. The summed E-state index contributed by atoms with van der Waals surface area (Å²) in [5.74, 6) is 0.104. The Balaban J connectivity index is 2.72. The van der Waals surface area contributed by atoms with E-state index in [9.17, 15) is 4.79 Å². The molecule has 1 aliphatic rings. The third kappa shape index (κ3) is 4.66. The largest absolute Gasteiger partial charge is 0.326 e. The molecule has 0 aromatic heterocycles. The SMILES string of the molecule is CC1=CC(Br)CC(C)=C1NC(=O)CC(C)(C)C. The van der Waals surface area contributed by atoms with Crippen molar-refractivity contribution in [3.05, 3.63) is 22.9 Å². The number of carbonyl (C=O) groups excluding carboxylic acids is 1. The van der Waals surface area contributed by atoms with Crippen molar-refractivity contribution in [2.45, 2.75) is 52.3 Å². The molecule has 2 nitrogen and oxygen atoms in total. The Hall–Kier alpha value is -0.570. The summed E-state index contributed by atoms with van der Waals surface area (Å²) in [5.41, 5.74) is 3.44. The Morgan fingerprint density at radius 1 is 1.47 bits per heavy atom. The number of allylic oxidation sites excluding steroid dienone is 3. The van der Waals surface area contributed by atoms with E-state index in [1.807, 2.05) is 6.92 Å². The van der Waals surface area contributed by atoms with Gasteiger partial charge >= 0.3 is 0 Å². The zero-order valence-electron chi connectivity index (χ0n) is 11.4. The van der Waals surface area contributed by atoms with E-state index in [2.05, 4.69) is 55.0 Å². The minimum absolute atomic E-state index is 0.0305. The van der Waals surface area contributed by atoms with Gasteiger partial charge in [-0.05, 0) is 36.8 Å². The number of carbonyl (C=O) groups is 1. The van der Waals surface area contributed by atoms with E-state index in [0.717, 1.165) is 17.7 Å². The third-order valence-corrected chi connectivity index (χ3v) is 3.30. The molecule has 0 spiro atoms. The van der Waals surface area contributed by atoms with E-state index in [1.165, 1.54) is 5.57 Å². The maximum absolute atomic E-state index is 11.9. The van der Waals surface area contributed by atoms with Gasteiger partial charge in [-0.2, -0.15) is 0 Å². The highest BCUT2D eigenvalue weighted by molar-refractivity contribution is 9.09. The molecule has 1 atom stereocenters. The molecular formula is C14H22BrNO. The summed E-state index contributed by atoms with van der Waals surface area (Å²) < 4.78 is 0. The molecule has 1 rings (SSSR count). The number of hydrogen-bond donors (Lipinski definition) is 1. The minimum Gasteiger partial charge on any atom is -0.326 e. The van der Waals surface area contributed by atoms with Gasteiger partial charge in [0.15, 0.2) is 0 Å². The molecule has 0 saturated carbocycles. The van der Waals surface area contributed by atoms with Crippen LogP contribution in [0.5, 0.6) is 0 Å². The van der Waals surface area contributed by atoms with Crippen LogP contribution in [-0.4, -0.2) is 10.7 Å². The number of rotatable bonds is 2. The minimum atomic E-state index is 0.0305. The molecule has 17 heavy (non-hydrogen) atoms.